The van der Waals surface area contributed by atoms with Gasteiger partial charge in [0.05, 0.1) is 13.2 Å². The quantitative estimate of drug-likeness (QED) is 0.0736. The van der Waals surface area contributed by atoms with Crippen molar-refractivity contribution in [2.75, 3.05) is 39.6 Å². The van der Waals surface area contributed by atoms with Crippen LogP contribution in [-0.2, 0) is 28.5 Å². The molecule has 8 heteroatoms. The van der Waals surface area contributed by atoms with Crippen molar-refractivity contribution in [1.29, 1.82) is 0 Å². The molecule has 0 spiro atoms. The molecule has 4 unspecified atom stereocenters. The van der Waals surface area contributed by atoms with Crippen molar-refractivity contribution in [2.45, 2.75) is 98.2 Å². The molecule has 0 aromatic heterocycles. The molecule has 2 rings (SSSR count). The zero-order valence-electron chi connectivity index (χ0n) is 29.4. The number of hydrogen-bond acceptors (Lipinski definition) is 8. The minimum atomic E-state index is -0.578. The summed E-state index contributed by atoms with van der Waals surface area (Å²) in [5.74, 6) is 1.23. The van der Waals surface area contributed by atoms with E-state index in [1.54, 1.807) is 0 Å². The SMILES string of the molecule is C=CC(=O)OC(COCC(CC)CCCC)COc1ccc2ccc(OCC(COCC(CC)CCCC)OC(=O)C=C)c(C)c2c1. The van der Waals surface area contributed by atoms with Crippen LogP contribution in [0.4, 0.5) is 0 Å². The summed E-state index contributed by atoms with van der Waals surface area (Å²) < 4.78 is 35.3. The number of fused-ring (bicyclic) bond motifs is 1. The average molecular weight is 655 g/mol. The summed E-state index contributed by atoms with van der Waals surface area (Å²) in [7, 11) is 0. The van der Waals surface area contributed by atoms with Gasteiger partial charge in [0.1, 0.15) is 24.7 Å². The van der Waals surface area contributed by atoms with E-state index in [0.717, 1.165) is 67.0 Å². The molecular weight excluding hydrogens is 596 g/mol. The fourth-order valence-electron chi connectivity index (χ4n) is 5.23. The Hall–Kier alpha value is -3.36. The van der Waals surface area contributed by atoms with Crippen LogP contribution in [0, 0.1) is 18.8 Å². The molecule has 262 valence electrons. The van der Waals surface area contributed by atoms with Gasteiger partial charge >= 0.3 is 11.9 Å². The number of aryl methyl sites for hydroxylation is 1. The number of carbonyl (C=O) groups is 2. The van der Waals surface area contributed by atoms with Crippen LogP contribution in [0.25, 0.3) is 10.8 Å². The number of rotatable bonds is 26. The van der Waals surface area contributed by atoms with Gasteiger partial charge in [0.15, 0.2) is 12.2 Å². The maximum Gasteiger partial charge on any atom is 0.330 e. The van der Waals surface area contributed by atoms with Crippen LogP contribution in [0.5, 0.6) is 11.5 Å². The highest BCUT2D eigenvalue weighted by Crippen LogP contribution is 2.30. The zero-order valence-corrected chi connectivity index (χ0v) is 29.4. The van der Waals surface area contributed by atoms with Crippen molar-refractivity contribution in [3.63, 3.8) is 0 Å². The van der Waals surface area contributed by atoms with E-state index in [2.05, 4.69) is 40.9 Å². The first-order chi connectivity index (χ1) is 22.8. The molecule has 0 aliphatic heterocycles. The van der Waals surface area contributed by atoms with Gasteiger partial charge < -0.3 is 28.4 Å². The smallest absolute Gasteiger partial charge is 0.330 e. The molecule has 0 heterocycles. The first-order valence-corrected chi connectivity index (χ1v) is 17.4. The third-order valence-electron chi connectivity index (χ3n) is 8.37. The maximum atomic E-state index is 12.0. The second-order valence-corrected chi connectivity index (χ2v) is 12.1. The van der Waals surface area contributed by atoms with Gasteiger partial charge in [-0.25, -0.2) is 9.59 Å². The fourth-order valence-corrected chi connectivity index (χ4v) is 5.23. The highest BCUT2D eigenvalue weighted by molar-refractivity contribution is 5.88. The molecule has 47 heavy (non-hydrogen) atoms. The van der Waals surface area contributed by atoms with Gasteiger partial charge in [0.2, 0.25) is 0 Å². The van der Waals surface area contributed by atoms with Gasteiger partial charge in [0.25, 0.3) is 0 Å². The molecule has 2 aromatic carbocycles. The molecule has 0 saturated heterocycles. The third kappa shape index (κ3) is 14.9. The van der Waals surface area contributed by atoms with Crippen LogP contribution < -0.4 is 9.47 Å². The lowest BCUT2D eigenvalue weighted by molar-refractivity contribution is -0.149. The standard InChI is InChI=1S/C39H58O8/c1-8-14-16-30(10-3)23-42-25-34(46-38(40)12-5)27-44-33-20-18-32-19-21-37(29(7)36(32)22-33)45-28-35(47-39(41)13-6)26-43-24-31(11-4)17-15-9-2/h12-13,18-22,30-31,34-35H,5-6,8-11,14-17,23-28H2,1-4,7H3. The second kappa shape index (κ2) is 23.0. The Morgan fingerprint density at radius 3 is 1.70 bits per heavy atom. The summed E-state index contributed by atoms with van der Waals surface area (Å²) >= 11 is 0. The van der Waals surface area contributed by atoms with Crippen molar-refractivity contribution in [1.82, 2.24) is 0 Å². The molecule has 0 aliphatic carbocycles. The summed E-state index contributed by atoms with van der Waals surface area (Å²) in [4.78, 5) is 24.0. The van der Waals surface area contributed by atoms with Gasteiger partial charge in [0, 0.05) is 25.4 Å². The van der Waals surface area contributed by atoms with Crippen molar-refractivity contribution in [3.05, 3.63) is 61.2 Å². The highest BCUT2D eigenvalue weighted by atomic mass is 16.6. The minimum Gasteiger partial charge on any atom is -0.490 e. The summed E-state index contributed by atoms with van der Waals surface area (Å²) in [6, 6.07) is 9.71. The average Bonchev–Trinajstić information content (AvgIpc) is 3.09. The third-order valence-corrected chi connectivity index (χ3v) is 8.37. The van der Waals surface area contributed by atoms with Crippen LogP contribution in [0.1, 0.15) is 84.6 Å². The van der Waals surface area contributed by atoms with Crippen molar-refractivity contribution in [2.24, 2.45) is 11.8 Å². The fraction of sp³-hybridized carbons (Fsp3) is 0.590. The number of esters is 2. The second-order valence-electron chi connectivity index (χ2n) is 12.1. The Morgan fingerprint density at radius 1 is 0.702 bits per heavy atom. The summed E-state index contributed by atoms with van der Waals surface area (Å²) in [6.45, 7) is 19.7. The first kappa shape index (κ1) is 39.8. The molecule has 0 radical (unpaired) electrons. The molecule has 8 nitrogen and oxygen atoms in total. The van der Waals surface area contributed by atoms with Crippen LogP contribution in [0.15, 0.2) is 55.6 Å². The number of benzene rings is 2. The molecule has 0 N–H and O–H groups in total. The van der Waals surface area contributed by atoms with E-state index in [4.69, 9.17) is 28.4 Å². The van der Waals surface area contributed by atoms with Gasteiger partial charge in [-0.05, 0) is 66.1 Å². The summed E-state index contributed by atoms with van der Waals surface area (Å²) in [5.41, 5.74) is 0.920. The van der Waals surface area contributed by atoms with E-state index in [1.807, 2.05) is 37.3 Å². The lowest BCUT2D eigenvalue weighted by Gasteiger charge is -2.21. The minimum absolute atomic E-state index is 0.139. The van der Waals surface area contributed by atoms with E-state index in [9.17, 15) is 9.59 Å². The lowest BCUT2D eigenvalue weighted by atomic mass is 10.0. The molecule has 0 amide bonds. The normalized spacial score (nSPS) is 13.7. The number of ether oxygens (including phenoxy) is 6. The first-order valence-electron chi connectivity index (χ1n) is 17.4. The van der Waals surface area contributed by atoms with E-state index in [-0.39, 0.29) is 26.4 Å². The number of hydrogen-bond donors (Lipinski definition) is 0. The van der Waals surface area contributed by atoms with Crippen LogP contribution >= 0.6 is 0 Å². The Morgan fingerprint density at radius 2 is 1.21 bits per heavy atom. The molecular formula is C39H58O8. The van der Waals surface area contributed by atoms with Crippen molar-refractivity contribution in [3.8, 4) is 11.5 Å². The lowest BCUT2D eigenvalue weighted by Crippen LogP contribution is -2.30. The van der Waals surface area contributed by atoms with Gasteiger partial charge in [-0.3, -0.25) is 0 Å². The van der Waals surface area contributed by atoms with Crippen LogP contribution in [0.2, 0.25) is 0 Å². The topological polar surface area (TPSA) is 89.5 Å². The number of unbranched alkanes of at least 4 members (excludes halogenated alkanes) is 2. The van der Waals surface area contributed by atoms with E-state index in [0.29, 0.717) is 36.5 Å². The van der Waals surface area contributed by atoms with Crippen molar-refractivity contribution < 1.29 is 38.0 Å². The molecule has 0 aliphatic rings. The van der Waals surface area contributed by atoms with Gasteiger partial charge in [-0.2, -0.15) is 0 Å². The molecule has 0 saturated carbocycles. The van der Waals surface area contributed by atoms with Crippen LogP contribution in [0.3, 0.4) is 0 Å². The molecule has 0 fully saturated rings. The Labute approximate surface area is 282 Å². The van der Waals surface area contributed by atoms with Crippen molar-refractivity contribution >= 4 is 22.7 Å². The predicted molar refractivity (Wildman–Crippen MR) is 188 cm³/mol. The molecule has 2 aromatic rings. The largest absolute Gasteiger partial charge is 0.490 e. The Kier molecular flexibility index (Phi) is 19.5. The summed E-state index contributed by atoms with van der Waals surface area (Å²) in [5, 5.41) is 1.98. The Bertz CT molecular complexity index is 1220. The Balaban J connectivity index is 2.07. The number of carbonyl (C=O) groups excluding carboxylic acids is 2. The van der Waals surface area contributed by atoms with E-state index < -0.39 is 24.1 Å². The summed E-state index contributed by atoms with van der Waals surface area (Å²) in [6.07, 6.45) is 10.1. The monoisotopic (exact) mass is 654 g/mol. The van der Waals surface area contributed by atoms with E-state index in [1.165, 1.54) is 12.8 Å². The maximum absolute atomic E-state index is 12.0. The highest BCUT2D eigenvalue weighted by Gasteiger charge is 2.19. The van der Waals surface area contributed by atoms with Crippen LogP contribution in [-0.4, -0.2) is 63.8 Å². The molecule has 0 bridgehead atoms. The molecule has 4 atom stereocenters. The van der Waals surface area contributed by atoms with E-state index >= 15 is 0 Å². The zero-order chi connectivity index (χ0) is 34.4. The predicted octanol–water partition coefficient (Wildman–Crippen LogP) is 8.57. The van der Waals surface area contributed by atoms with Gasteiger partial charge in [-0.1, -0.05) is 91.5 Å². The van der Waals surface area contributed by atoms with Gasteiger partial charge in [-0.15, -0.1) is 0 Å².